The first kappa shape index (κ1) is 14.5. The second kappa shape index (κ2) is 5.43. The van der Waals surface area contributed by atoms with Crippen LogP contribution in [0.5, 0.6) is 0 Å². The number of hydrazine groups is 1. The quantitative estimate of drug-likeness (QED) is 0.907. The van der Waals surface area contributed by atoms with Crippen molar-refractivity contribution < 1.29 is 9.90 Å². The van der Waals surface area contributed by atoms with Crippen LogP contribution >= 0.6 is 0 Å². The molecule has 0 unspecified atom stereocenters. The van der Waals surface area contributed by atoms with Crippen LogP contribution in [0.3, 0.4) is 0 Å². The van der Waals surface area contributed by atoms with Crippen molar-refractivity contribution >= 4 is 5.91 Å². The topological polar surface area (TPSA) is 43.8 Å². The smallest absolute Gasteiger partial charge is 0.268 e. The lowest BCUT2D eigenvalue weighted by Crippen LogP contribution is -2.54. The Morgan fingerprint density at radius 1 is 1.33 bits per heavy atom. The van der Waals surface area contributed by atoms with E-state index in [0.29, 0.717) is 6.54 Å². The fourth-order valence-corrected chi connectivity index (χ4v) is 4.05. The molecule has 2 fully saturated rings. The highest BCUT2D eigenvalue weighted by atomic mass is 16.3. The van der Waals surface area contributed by atoms with Gasteiger partial charge in [0.2, 0.25) is 0 Å². The van der Waals surface area contributed by atoms with Crippen LogP contribution in [0.1, 0.15) is 37.0 Å². The van der Waals surface area contributed by atoms with Gasteiger partial charge in [-0.05, 0) is 30.4 Å². The normalized spacial score (nSPS) is 28.4. The van der Waals surface area contributed by atoms with Crippen LogP contribution in [0.15, 0.2) is 30.3 Å². The third kappa shape index (κ3) is 2.47. The van der Waals surface area contributed by atoms with E-state index in [9.17, 15) is 9.90 Å². The van der Waals surface area contributed by atoms with Crippen molar-refractivity contribution in [2.45, 2.75) is 32.7 Å². The first-order valence-electron chi connectivity index (χ1n) is 7.79. The zero-order valence-corrected chi connectivity index (χ0v) is 12.8. The molecule has 4 nitrogen and oxygen atoms in total. The van der Waals surface area contributed by atoms with E-state index < -0.39 is 0 Å². The van der Waals surface area contributed by atoms with E-state index in [4.69, 9.17) is 0 Å². The minimum atomic E-state index is 0.0502. The maximum absolute atomic E-state index is 12.8. The van der Waals surface area contributed by atoms with Gasteiger partial charge in [-0.25, -0.2) is 5.01 Å². The molecule has 0 radical (unpaired) electrons. The van der Waals surface area contributed by atoms with Gasteiger partial charge < -0.3 is 5.11 Å². The molecular weight excluding hydrogens is 264 g/mol. The SMILES string of the molecule is CC1(C)CCCN2[C@@H]1[C@@H](CO)CN2C(=O)c1ccccc1. The van der Waals surface area contributed by atoms with Gasteiger partial charge in [0.25, 0.3) is 5.91 Å². The van der Waals surface area contributed by atoms with Gasteiger partial charge in [0.15, 0.2) is 0 Å². The number of rotatable bonds is 2. The Kier molecular flexibility index (Phi) is 3.76. The summed E-state index contributed by atoms with van der Waals surface area (Å²) in [5.74, 6) is 0.196. The summed E-state index contributed by atoms with van der Waals surface area (Å²) in [5.41, 5.74) is 0.857. The molecule has 21 heavy (non-hydrogen) atoms. The number of carbonyl (C=O) groups excluding carboxylic acids is 1. The average Bonchev–Trinajstić information content (AvgIpc) is 2.87. The van der Waals surface area contributed by atoms with Crippen LogP contribution in [0.25, 0.3) is 0 Å². The van der Waals surface area contributed by atoms with Crippen LogP contribution in [-0.2, 0) is 0 Å². The highest BCUT2D eigenvalue weighted by molar-refractivity contribution is 5.94. The van der Waals surface area contributed by atoms with Gasteiger partial charge in [0.05, 0.1) is 0 Å². The summed E-state index contributed by atoms with van der Waals surface area (Å²) in [7, 11) is 0. The molecule has 0 aromatic heterocycles. The molecule has 0 saturated carbocycles. The monoisotopic (exact) mass is 288 g/mol. The van der Waals surface area contributed by atoms with Crippen molar-refractivity contribution in [2.75, 3.05) is 19.7 Å². The Bertz CT molecular complexity index is 515. The number of carbonyl (C=O) groups is 1. The van der Waals surface area contributed by atoms with E-state index in [1.54, 1.807) is 0 Å². The fourth-order valence-electron chi connectivity index (χ4n) is 4.05. The van der Waals surface area contributed by atoms with Crippen molar-refractivity contribution in [1.29, 1.82) is 0 Å². The molecule has 1 amide bonds. The third-order valence-electron chi connectivity index (χ3n) is 4.98. The number of aliphatic hydroxyl groups excluding tert-OH is 1. The standard InChI is InChI=1S/C17H24N2O2/c1-17(2)9-6-10-18-15(17)14(12-20)11-19(18)16(21)13-7-4-3-5-8-13/h3-5,7-8,14-15,20H,6,9-12H2,1-2H3/t14-,15-/m1/s1. The van der Waals surface area contributed by atoms with Crippen molar-refractivity contribution in [1.82, 2.24) is 10.0 Å². The van der Waals surface area contributed by atoms with Crippen molar-refractivity contribution in [3.63, 3.8) is 0 Å². The molecule has 1 N–H and O–H groups in total. The molecular formula is C17H24N2O2. The lowest BCUT2D eigenvalue weighted by atomic mass is 9.73. The van der Waals surface area contributed by atoms with Crippen LogP contribution in [-0.4, -0.2) is 46.8 Å². The number of nitrogens with zero attached hydrogens (tertiary/aromatic N) is 2. The molecule has 1 aromatic rings. The number of benzene rings is 1. The lowest BCUT2D eigenvalue weighted by Gasteiger charge is -2.46. The molecule has 0 aliphatic carbocycles. The summed E-state index contributed by atoms with van der Waals surface area (Å²) in [6.07, 6.45) is 2.25. The number of amides is 1. The number of aliphatic hydroxyl groups is 1. The second-order valence-corrected chi connectivity index (χ2v) is 6.90. The van der Waals surface area contributed by atoms with Crippen LogP contribution < -0.4 is 0 Å². The zero-order valence-electron chi connectivity index (χ0n) is 12.8. The number of hydrogen-bond donors (Lipinski definition) is 1. The molecule has 3 rings (SSSR count). The Morgan fingerprint density at radius 3 is 2.71 bits per heavy atom. The largest absolute Gasteiger partial charge is 0.396 e. The van der Waals surface area contributed by atoms with Gasteiger partial charge in [0, 0.05) is 37.2 Å². The van der Waals surface area contributed by atoms with E-state index in [-0.39, 0.29) is 29.9 Å². The lowest BCUT2D eigenvalue weighted by molar-refractivity contribution is -0.0557. The summed E-state index contributed by atoms with van der Waals surface area (Å²) in [6, 6.07) is 9.68. The van der Waals surface area contributed by atoms with E-state index in [1.807, 2.05) is 35.3 Å². The Labute approximate surface area is 126 Å². The summed E-state index contributed by atoms with van der Waals surface area (Å²) >= 11 is 0. The zero-order chi connectivity index (χ0) is 15.0. The predicted octanol–water partition coefficient (Wildman–Crippen LogP) is 2.16. The summed E-state index contributed by atoms with van der Waals surface area (Å²) in [5, 5.41) is 13.8. The highest BCUT2D eigenvalue weighted by Crippen LogP contribution is 2.43. The molecule has 0 bridgehead atoms. The minimum Gasteiger partial charge on any atom is -0.396 e. The molecule has 4 heteroatoms. The first-order valence-corrected chi connectivity index (χ1v) is 7.79. The van der Waals surface area contributed by atoms with Gasteiger partial charge in [-0.15, -0.1) is 0 Å². The first-order chi connectivity index (χ1) is 10.0. The Hall–Kier alpha value is -1.39. The number of piperidine rings is 1. The van der Waals surface area contributed by atoms with Crippen molar-refractivity contribution in [3.05, 3.63) is 35.9 Å². The third-order valence-corrected chi connectivity index (χ3v) is 4.98. The summed E-state index contributed by atoms with van der Waals surface area (Å²) in [4.78, 5) is 12.8. The van der Waals surface area contributed by atoms with Gasteiger partial charge in [0.1, 0.15) is 0 Å². The van der Waals surface area contributed by atoms with Gasteiger partial charge in [-0.3, -0.25) is 9.80 Å². The van der Waals surface area contributed by atoms with E-state index in [0.717, 1.165) is 24.9 Å². The Morgan fingerprint density at radius 2 is 2.05 bits per heavy atom. The average molecular weight is 288 g/mol. The second-order valence-electron chi connectivity index (χ2n) is 6.90. The van der Waals surface area contributed by atoms with E-state index in [1.165, 1.54) is 0 Å². The minimum absolute atomic E-state index is 0.0502. The van der Waals surface area contributed by atoms with Crippen molar-refractivity contribution in [3.8, 4) is 0 Å². The number of fused-ring (bicyclic) bond motifs is 1. The van der Waals surface area contributed by atoms with Gasteiger partial charge in [-0.2, -0.15) is 0 Å². The van der Waals surface area contributed by atoms with Crippen LogP contribution in [0.2, 0.25) is 0 Å². The van der Waals surface area contributed by atoms with Crippen molar-refractivity contribution in [2.24, 2.45) is 11.3 Å². The summed E-state index contributed by atoms with van der Waals surface area (Å²) in [6.45, 7) is 6.18. The molecule has 2 heterocycles. The van der Waals surface area contributed by atoms with Gasteiger partial charge in [-0.1, -0.05) is 32.0 Å². The maximum Gasteiger partial charge on any atom is 0.268 e. The molecule has 2 atom stereocenters. The molecule has 2 aliphatic rings. The number of hydrogen-bond acceptors (Lipinski definition) is 3. The maximum atomic E-state index is 12.8. The van der Waals surface area contributed by atoms with Gasteiger partial charge >= 0.3 is 0 Å². The van der Waals surface area contributed by atoms with Crippen LogP contribution in [0.4, 0.5) is 0 Å². The summed E-state index contributed by atoms with van der Waals surface area (Å²) < 4.78 is 0. The Balaban J connectivity index is 1.89. The van der Waals surface area contributed by atoms with E-state index >= 15 is 0 Å². The molecule has 2 saturated heterocycles. The fraction of sp³-hybridized carbons (Fsp3) is 0.588. The molecule has 114 valence electrons. The molecule has 0 spiro atoms. The van der Waals surface area contributed by atoms with Crippen LogP contribution in [0, 0.1) is 11.3 Å². The van der Waals surface area contributed by atoms with E-state index in [2.05, 4.69) is 18.9 Å². The highest BCUT2D eigenvalue weighted by Gasteiger charge is 2.50. The predicted molar refractivity (Wildman–Crippen MR) is 81.6 cm³/mol. The molecule has 2 aliphatic heterocycles. The molecule has 1 aromatic carbocycles.